The molecule has 0 saturated carbocycles. The number of rotatable bonds is 14. The summed E-state index contributed by atoms with van der Waals surface area (Å²) in [4.78, 5) is 36.6. The lowest BCUT2D eigenvalue weighted by Gasteiger charge is -2.34. The van der Waals surface area contributed by atoms with Crippen LogP contribution in [0, 0.1) is 0 Å². The Bertz CT molecular complexity index is 9220. The summed E-state index contributed by atoms with van der Waals surface area (Å²) in [6.07, 6.45) is 0. The molecule has 3 aliphatic rings. The van der Waals surface area contributed by atoms with Gasteiger partial charge in [-0.1, -0.05) is 491 Å². The fraction of sp³-hybridized carbons (Fsp3) is 0.0217. The molecule has 27 aromatic rings. The Kier molecular flexibility index (Phi) is 20.7. The monoisotopic (exact) mass is 1890 g/mol. The first-order valence-corrected chi connectivity index (χ1v) is 50.5. The van der Waals surface area contributed by atoms with Gasteiger partial charge in [-0.15, -0.1) is 0 Å². The van der Waals surface area contributed by atoms with Gasteiger partial charge >= 0.3 is 0 Å². The summed E-state index contributed by atoms with van der Waals surface area (Å²) in [6, 6.07) is 195. The van der Waals surface area contributed by atoms with Crippen molar-refractivity contribution in [3.05, 3.63) is 613 Å². The van der Waals surface area contributed by atoms with Gasteiger partial charge in [0.2, 0.25) is 11.9 Å². The predicted octanol–water partition coefficient (Wildman–Crippen LogP) is 32.7. The van der Waals surface area contributed by atoms with Crippen LogP contribution in [0.1, 0.15) is 66.8 Å². The van der Waals surface area contributed by atoms with E-state index < -0.39 is 16.2 Å². The van der Waals surface area contributed by atoms with Crippen molar-refractivity contribution in [2.45, 2.75) is 16.2 Å². The van der Waals surface area contributed by atoms with Crippen molar-refractivity contribution in [1.29, 1.82) is 0 Å². The predicted molar refractivity (Wildman–Crippen MR) is 604 cm³/mol. The molecule has 10 heteroatoms. The summed E-state index contributed by atoms with van der Waals surface area (Å²) >= 11 is 0. The Balaban J connectivity index is 0.000000107. The van der Waals surface area contributed by atoms with E-state index in [2.05, 4.69) is 487 Å². The third-order valence-electron chi connectivity index (χ3n) is 30.5. The minimum Gasteiger partial charge on any atom is -0.292 e. The first-order valence-electron chi connectivity index (χ1n) is 50.5. The lowest BCUT2D eigenvalue weighted by molar-refractivity contribution is 0.769. The van der Waals surface area contributed by atoms with Gasteiger partial charge in [-0.2, -0.15) is 9.97 Å². The third kappa shape index (κ3) is 13.5. The number of hydrogen-bond donors (Lipinski definition) is 0. The van der Waals surface area contributed by atoms with Crippen LogP contribution in [0.15, 0.2) is 546 Å². The van der Waals surface area contributed by atoms with Crippen molar-refractivity contribution in [2.75, 3.05) is 0 Å². The Morgan fingerprint density at radius 1 is 0.162 bits per heavy atom. The molecule has 0 N–H and O–H groups in total. The third-order valence-corrected chi connectivity index (χ3v) is 30.5. The molecule has 0 bridgehead atoms. The molecule has 21 aromatic carbocycles. The molecule has 692 valence electrons. The highest BCUT2D eigenvalue weighted by Crippen LogP contribution is 2.62. The summed E-state index contributed by atoms with van der Waals surface area (Å²) < 4.78 is 6.82. The van der Waals surface area contributed by atoms with Crippen LogP contribution in [0.4, 0.5) is 0 Å². The maximum Gasteiger partial charge on any atom is 0.238 e. The fourth-order valence-corrected chi connectivity index (χ4v) is 24.5. The lowest BCUT2D eigenvalue weighted by Crippen LogP contribution is -2.28. The smallest absolute Gasteiger partial charge is 0.238 e. The van der Waals surface area contributed by atoms with Gasteiger partial charge in [0.25, 0.3) is 0 Å². The normalized spacial score (nSPS) is 13.0. The fourth-order valence-electron chi connectivity index (χ4n) is 24.5. The maximum absolute atomic E-state index is 5.37. The van der Waals surface area contributed by atoms with Gasteiger partial charge in [0, 0.05) is 60.1 Å². The van der Waals surface area contributed by atoms with Gasteiger partial charge in [-0.25, -0.2) is 24.9 Å². The second-order valence-corrected chi connectivity index (χ2v) is 38.2. The van der Waals surface area contributed by atoms with E-state index in [1.54, 1.807) is 0 Å². The zero-order chi connectivity index (χ0) is 97.8. The molecule has 0 radical (unpaired) electrons. The minimum atomic E-state index is -0.549. The van der Waals surface area contributed by atoms with Gasteiger partial charge in [-0.05, 0) is 155 Å². The standard InChI is InChI=1S/C47H31N3.C46H30N4.C45H29N3/c1-4-17-32(18-5-1)41-31-42(33-19-6-2-7-20-33)49-46(48-41)50-43-29-15-12-25-37(43)45-40(28-16-30-44(45)50)47(34-21-8-3-9-22-34)38-26-13-10-23-35(38)36-24-11-14-27-39(36)47;1-4-17-31(18-5-1)43-47-44(32-19-6-2-7-20-32)49-45(48-43)50-40-29-15-12-25-36(40)42-39(28-16-30-41(42)50)46(33-21-8-3-9-22-33)37-26-13-10-23-34(37)35-24-11-14-27-38(35)46;1-3-15-30(16-4-1)43-44(47-40-25-13-12-24-39(40)46-43)48-41-26-14-9-21-35(41)36-28-27-32(29-42(36)48)45(31-17-5-2-6-18-31)37-22-10-7-19-33(37)34-20-8-11-23-38(34)45/h1-31H;1-30H;1-29H. The molecule has 10 nitrogen and oxygen atoms in total. The topological polar surface area (TPSA) is 105 Å². The zero-order valence-corrected chi connectivity index (χ0v) is 80.4. The lowest BCUT2D eigenvalue weighted by atomic mass is 9.66. The van der Waals surface area contributed by atoms with E-state index in [4.69, 9.17) is 34.9 Å². The molecule has 148 heavy (non-hydrogen) atoms. The summed E-state index contributed by atoms with van der Waals surface area (Å²) in [7, 11) is 0. The second-order valence-electron chi connectivity index (χ2n) is 38.2. The second kappa shape index (κ2) is 35.5. The highest BCUT2D eigenvalue weighted by atomic mass is 15.2. The van der Waals surface area contributed by atoms with Crippen LogP contribution in [0.5, 0.6) is 0 Å². The molecule has 6 heterocycles. The Labute approximate surface area is 855 Å². The van der Waals surface area contributed by atoms with Gasteiger partial charge < -0.3 is 0 Å². The van der Waals surface area contributed by atoms with Crippen LogP contribution < -0.4 is 0 Å². The number of fused-ring (bicyclic) bond motifs is 19. The summed E-state index contributed by atoms with van der Waals surface area (Å²) in [5.74, 6) is 3.33. The average Bonchev–Trinajstić information content (AvgIpc) is 1.53. The molecular formula is C138H90N10. The van der Waals surface area contributed by atoms with Crippen molar-refractivity contribution in [1.82, 2.24) is 48.6 Å². The van der Waals surface area contributed by atoms with E-state index in [-0.39, 0.29) is 0 Å². The summed E-state index contributed by atoms with van der Waals surface area (Å²) in [5.41, 5.74) is 37.1. The zero-order valence-electron chi connectivity index (χ0n) is 80.4. The molecule has 0 spiro atoms. The van der Waals surface area contributed by atoms with Gasteiger partial charge in [0.1, 0.15) is 5.69 Å². The number of benzene rings is 21. The van der Waals surface area contributed by atoms with Crippen molar-refractivity contribution < 1.29 is 0 Å². The average molecular weight is 1890 g/mol. The largest absolute Gasteiger partial charge is 0.292 e. The molecule has 0 saturated heterocycles. The molecule has 0 aliphatic heterocycles. The Morgan fingerprint density at radius 3 is 0.858 bits per heavy atom. The van der Waals surface area contributed by atoms with Crippen molar-refractivity contribution >= 4 is 76.5 Å². The maximum atomic E-state index is 5.37. The molecule has 0 amide bonds. The van der Waals surface area contributed by atoms with E-state index in [1.807, 2.05) is 72.8 Å². The van der Waals surface area contributed by atoms with Crippen molar-refractivity contribution in [3.63, 3.8) is 0 Å². The van der Waals surface area contributed by atoms with Crippen LogP contribution in [0.25, 0.3) is 184 Å². The molecule has 3 aliphatic carbocycles. The Hall–Kier alpha value is -19.6. The highest BCUT2D eigenvalue weighted by molar-refractivity contribution is 6.15. The number of nitrogens with zero attached hydrogens (tertiary/aromatic N) is 10. The van der Waals surface area contributed by atoms with Crippen LogP contribution in [-0.2, 0) is 16.2 Å². The molecular weight excluding hydrogens is 1800 g/mol. The van der Waals surface area contributed by atoms with Gasteiger partial charge in [-0.3, -0.25) is 13.7 Å². The first-order chi connectivity index (χ1) is 73.5. The van der Waals surface area contributed by atoms with E-state index in [1.165, 1.54) is 127 Å². The van der Waals surface area contributed by atoms with Crippen LogP contribution in [-0.4, -0.2) is 48.6 Å². The van der Waals surface area contributed by atoms with Crippen molar-refractivity contribution in [2.24, 2.45) is 0 Å². The van der Waals surface area contributed by atoms with Gasteiger partial charge in [0.15, 0.2) is 17.5 Å². The Morgan fingerprint density at radius 2 is 0.453 bits per heavy atom. The minimum absolute atomic E-state index is 0.499. The molecule has 0 atom stereocenters. The molecule has 0 unspecified atom stereocenters. The number of para-hydroxylation sites is 5. The summed E-state index contributed by atoms with van der Waals surface area (Å²) in [6.45, 7) is 0. The number of hydrogen-bond acceptors (Lipinski definition) is 7. The molecule has 6 aromatic heterocycles. The van der Waals surface area contributed by atoms with Crippen molar-refractivity contribution in [3.8, 4) is 108 Å². The molecule has 0 fully saturated rings. The molecule has 30 rings (SSSR count). The number of aromatic nitrogens is 10. The quantitative estimate of drug-likeness (QED) is 0.107. The first kappa shape index (κ1) is 86.3. The highest BCUT2D eigenvalue weighted by Gasteiger charge is 2.51. The van der Waals surface area contributed by atoms with E-state index >= 15 is 0 Å². The van der Waals surface area contributed by atoms with Crippen LogP contribution >= 0.6 is 0 Å². The summed E-state index contributed by atoms with van der Waals surface area (Å²) in [5, 5.41) is 7.08. The SMILES string of the molecule is c1ccc(-c2cc(-c3ccccc3)nc(-n3c4ccccc4c4c(C5(c6ccccc6)c6ccccc6-c6ccccc65)cccc43)n2)cc1.c1ccc(-c2nc(-c3ccccc3)nc(-n3c4ccccc4c4c(C5(c6ccccc6)c6ccccc6-c6ccccc65)cccc43)n2)cc1.c1ccc(-c2nc3ccccc3nc2-n2c3ccccc3c3ccc(C4(c5ccccc5)c5ccccc5-c5ccccc54)cc32)cc1. The van der Waals surface area contributed by atoms with E-state index in [0.717, 1.165) is 100 Å². The van der Waals surface area contributed by atoms with Crippen LogP contribution in [0.3, 0.4) is 0 Å². The van der Waals surface area contributed by atoms with Crippen LogP contribution in [0.2, 0.25) is 0 Å². The van der Waals surface area contributed by atoms with Gasteiger partial charge in [0.05, 0.1) is 71.8 Å². The van der Waals surface area contributed by atoms with E-state index in [9.17, 15) is 0 Å². The van der Waals surface area contributed by atoms with E-state index in [0.29, 0.717) is 23.5 Å².